The summed E-state index contributed by atoms with van der Waals surface area (Å²) in [6.45, 7) is 11.6. The van der Waals surface area contributed by atoms with Crippen molar-refractivity contribution in [3.05, 3.63) is 0 Å². The van der Waals surface area contributed by atoms with Crippen molar-refractivity contribution in [1.29, 1.82) is 0 Å². The number of carbonyl (C=O) groups is 1. The molecule has 0 bridgehead atoms. The van der Waals surface area contributed by atoms with Crippen LogP contribution < -0.4 is 5.32 Å². The zero-order valence-electron chi connectivity index (χ0n) is 11.3. The van der Waals surface area contributed by atoms with E-state index in [1.165, 1.54) is 0 Å². The lowest BCUT2D eigenvalue weighted by atomic mass is 9.82. The molecule has 0 aromatic rings. The van der Waals surface area contributed by atoms with Gasteiger partial charge in [-0.3, -0.25) is 4.79 Å². The highest BCUT2D eigenvalue weighted by molar-refractivity contribution is 5.73. The fourth-order valence-corrected chi connectivity index (χ4v) is 1.35. The number of carboxylic acid groups (broad SMARTS) is 1. The molecular formula is C13H27NO2. The van der Waals surface area contributed by atoms with Crippen LogP contribution in [-0.4, -0.2) is 23.7 Å². The Morgan fingerprint density at radius 2 is 1.94 bits per heavy atom. The lowest BCUT2D eigenvalue weighted by molar-refractivity contribution is -0.139. The van der Waals surface area contributed by atoms with Gasteiger partial charge in [0.15, 0.2) is 0 Å². The van der Waals surface area contributed by atoms with Crippen LogP contribution in [0, 0.1) is 11.3 Å². The maximum atomic E-state index is 11.0. The van der Waals surface area contributed by atoms with Gasteiger partial charge < -0.3 is 10.4 Å². The zero-order chi connectivity index (χ0) is 12.8. The Balaban J connectivity index is 4.07. The van der Waals surface area contributed by atoms with Crippen LogP contribution in [0.15, 0.2) is 0 Å². The highest BCUT2D eigenvalue weighted by Crippen LogP contribution is 2.24. The van der Waals surface area contributed by atoms with Gasteiger partial charge in [0.25, 0.3) is 0 Å². The molecular weight excluding hydrogens is 202 g/mol. The minimum Gasteiger partial charge on any atom is -0.480 e. The quantitative estimate of drug-likeness (QED) is 0.705. The molecule has 3 heteroatoms. The van der Waals surface area contributed by atoms with Crippen molar-refractivity contribution < 1.29 is 9.90 Å². The summed E-state index contributed by atoms with van der Waals surface area (Å²) >= 11 is 0. The average Bonchev–Trinajstić information content (AvgIpc) is 2.15. The van der Waals surface area contributed by atoms with Crippen molar-refractivity contribution in [2.75, 3.05) is 6.54 Å². The summed E-state index contributed by atoms with van der Waals surface area (Å²) in [6.07, 6.45) is 2.73. The van der Waals surface area contributed by atoms with E-state index in [0.29, 0.717) is 5.92 Å². The number of hydrogen-bond acceptors (Lipinski definition) is 2. The van der Waals surface area contributed by atoms with Crippen LogP contribution in [0.3, 0.4) is 0 Å². The van der Waals surface area contributed by atoms with Crippen molar-refractivity contribution in [3.8, 4) is 0 Å². The van der Waals surface area contributed by atoms with E-state index in [1.807, 2.05) is 0 Å². The van der Waals surface area contributed by atoms with Crippen LogP contribution in [-0.2, 0) is 4.79 Å². The largest absolute Gasteiger partial charge is 0.480 e. The summed E-state index contributed by atoms with van der Waals surface area (Å²) in [7, 11) is 0. The third-order valence-electron chi connectivity index (χ3n) is 3.29. The van der Waals surface area contributed by atoms with Crippen LogP contribution in [0.1, 0.15) is 53.9 Å². The molecule has 0 aliphatic rings. The molecule has 2 unspecified atom stereocenters. The number of aliphatic carboxylic acids is 1. The Kier molecular flexibility index (Phi) is 6.65. The first-order valence-electron chi connectivity index (χ1n) is 6.25. The first-order valence-corrected chi connectivity index (χ1v) is 6.25. The van der Waals surface area contributed by atoms with Crippen LogP contribution in [0.5, 0.6) is 0 Å². The lowest BCUT2D eigenvalue weighted by Gasteiger charge is -2.28. The fraction of sp³-hybridized carbons (Fsp3) is 0.923. The second kappa shape index (κ2) is 6.89. The van der Waals surface area contributed by atoms with Crippen LogP contribution in [0.2, 0.25) is 0 Å². The number of carboxylic acids is 1. The van der Waals surface area contributed by atoms with Gasteiger partial charge in [-0.1, -0.05) is 47.5 Å². The molecule has 0 saturated carbocycles. The van der Waals surface area contributed by atoms with Gasteiger partial charge in [-0.25, -0.2) is 0 Å². The minimum absolute atomic E-state index is 0.223. The number of unbranched alkanes of at least 4 members (excludes halogenated alkanes) is 1. The number of nitrogens with one attached hydrogen (secondary N) is 1. The van der Waals surface area contributed by atoms with E-state index in [9.17, 15) is 4.79 Å². The molecule has 0 fully saturated rings. The van der Waals surface area contributed by atoms with Gasteiger partial charge in [0.05, 0.1) is 0 Å². The predicted molar refractivity (Wildman–Crippen MR) is 67.6 cm³/mol. The molecule has 0 heterocycles. The monoisotopic (exact) mass is 229 g/mol. The summed E-state index contributed by atoms with van der Waals surface area (Å²) in [5.74, 6) is -0.259. The van der Waals surface area contributed by atoms with E-state index >= 15 is 0 Å². The van der Waals surface area contributed by atoms with Gasteiger partial charge in [-0.2, -0.15) is 0 Å². The van der Waals surface area contributed by atoms with Crippen molar-refractivity contribution in [3.63, 3.8) is 0 Å². The molecule has 0 aliphatic heterocycles. The first-order chi connectivity index (χ1) is 7.29. The van der Waals surface area contributed by atoms with Crippen LogP contribution >= 0.6 is 0 Å². The van der Waals surface area contributed by atoms with E-state index in [1.54, 1.807) is 0 Å². The van der Waals surface area contributed by atoms with Crippen molar-refractivity contribution >= 4 is 5.97 Å². The Bertz CT molecular complexity index is 208. The first kappa shape index (κ1) is 15.4. The Morgan fingerprint density at radius 1 is 1.38 bits per heavy atom. The maximum Gasteiger partial charge on any atom is 0.320 e. The SMILES string of the molecule is CCCCC(NCC(C)C(C)(C)C)C(=O)O. The van der Waals surface area contributed by atoms with Crippen LogP contribution in [0.4, 0.5) is 0 Å². The molecule has 16 heavy (non-hydrogen) atoms. The highest BCUT2D eigenvalue weighted by atomic mass is 16.4. The molecule has 0 rings (SSSR count). The molecule has 0 spiro atoms. The Hall–Kier alpha value is -0.570. The summed E-state index contributed by atoms with van der Waals surface area (Å²) in [5.41, 5.74) is 0.223. The van der Waals surface area contributed by atoms with Gasteiger partial charge in [-0.15, -0.1) is 0 Å². The second-order valence-corrected chi connectivity index (χ2v) is 5.71. The van der Waals surface area contributed by atoms with Gasteiger partial charge in [0, 0.05) is 0 Å². The van der Waals surface area contributed by atoms with E-state index in [0.717, 1.165) is 25.8 Å². The summed E-state index contributed by atoms with van der Waals surface area (Å²) in [5, 5.41) is 12.2. The average molecular weight is 229 g/mol. The summed E-state index contributed by atoms with van der Waals surface area (Å²) in [6, 6.07) is -0.384. The van der Waals surface area contributed by atoms with Crippen molar-refractivity contribution in [2.24, 2.45) is 11.3 Å². The molecule has 0 radical (unpaired) electrons. The molecule has 0 aromatic heterocycles. The normalized spacial score (nSPS) is 15.8. The molecule has 0 aliphatic carbocycles. The fourth-order valence-electron chi connectivity index (χ4n) is 1.35. The van der Waals surface area contributed by atoms with Gasteiger partial charge >= 0.3 is 5.97 Å². The molecule has 0 amide bonds. The van der Waals surface area contributed by atoms with Gasteiger partial charge in [0.2, 0.25) is 0 Å². The van der Waals surface area contributed by atoms with Crippen molar-refractivity contribution in [2.45, 2.75) is 59.9 Å². The second-order valence-electron chi connectivity index (χ2n) is 5.71. The Labute approximate surface area is 99.6 Å². The highest BCUT2D eigenvalue weighted by Gasteiger charge is 2.22. The van der Waals surface area contributed by atoms with Crippen molar-refractivity contribution in [1.82, 2.24) is 5.32 Å². The van der Waals surface area contributed by atoms with E-state index < -0.39 is 5.97 Å². The minimum atomic E-state index is -0.727. The topological polar surface area (TPSA) is 49.3 Å². The summed E-state index contributed by atoms with van der Waals surface area (Å²) in [4.78, 5) is 11.0. The summed E-state index contributed by atoms with van der Waals surface area (Å²) < 4.78 is 0. The number of hydrogen-bond donors (Lipinski definition) is 2. The molecule has 0 aromatic carbocycles. The molecule has 2 N–H and O–H groups in total. The van der Waals surface area contributed by atoms with Gasteiger partial charge in [-0.05, 0) is 24.3 Å². The third kappa shape index (κ3) is 6.11. The van der Waals surface area contributed by atoms with Crippen LogP contribution in [0.25, 0.3) is 0 Å². The smallest absolute Gasteiger partial charge is 0.320 e. The third-order valence-corrected chi connectivity index (χ3v) is 3.29. The lowest BCUT2D eigenvalue weighted by Crippen LogP contribution is -2.41. The number of rotatable bonds is 7. The standard InChI is InChI=1S/C13H27NO2/c1-6-7-8-11(12(15)16)14-9-10(2)13(3,4)5/h10-11,14H,6-9H2,1-5H3,(H,15,16). The predicted octanol–water partition coefficient (Wildman–Crippen LogP) is 2.90. The van der Waals surface area contributed by atoms with E-state index in [-0.39, 0.29) is 11.5 Å². The maximum absolute atomic E-state index is 11.0. The van der Waals surface area contributed by atoms with E-state index in [2.05, 4.69) is 39.9 Å². The molecule has 0 saturated heterocycles. The molecule has 3 nitrogen and oxygen atoms in total. The Morgan fingerprint density at radius 3 is 2.31 bits per heavy atom. The molecule has 96 valence electrons. The van der Waals surface area contributed by atoms with E-state index in [4.69, 9.17) is 5.11 Å². The zero-order valence-corrected chi connectivity index (χ0v) is 11.3. The van der Waals surface area contributed by atoms with Gasteiger partial charge in [0.1, 0.15) is 6.04 Å². The molecule has 2 atom stereocenters.